The first-order valence-electron chi connectivity index (χ1n) is 9.64. The molecule has 0 fully saturated rings. The maximum absolute atomic E-state index is 14.9. The van der Waals surface area contributed by atoms with Gasteiger partial charge in [-0.2, -0.15) is 0 Å². The number of hydrogen-bond donors (Lipinski definition) is 0. The van der Waals surface area contributed by atoms with Gasteiger partial charge in [0.25, 0.3) is 0 Å². The second-order valence-corrected chi connectivity index (χ2v) is 7.29. The standard InChI is InChI=1S/C23H13F2N3O4/c1-30-17-7-11(15(25)9-27-17)10-28-16-8-14(24)12-4-6-31-21(12)19(16)18-13-3-2-5-26-22(13)32-23(29)20(18)28/h2-9H,10H2,1H3. The van der Waals surface area contributed by atoms with Crippen molar-refractivity contribution in [2.24, 2.45) is 0 Å². The van der Waals surface area contributed by atoms with Crippen LogP contribution in [-0.4, -0.2) is 21.6 Å². The van der Waals surface area contributed by atoms with E-state index in [9.17, 15) is 13.6 Å². The molecule has 6 rings (SSSR count). The molecule has 32 heavy (non-hydrogen) atoms. The Bertz CT molecular complexity index is 1750. The molecule has 0 amide bonds. The van der Waals surface area contributed by atoms with Gasteiger partial charge in [0.05, 0.1) is 42.4 Å². The molecule has 9 heteroatoms. The number of furan rings is 1. The summed E-state index contributed by atoms with van der Waals surface area (Å²) in [5.74, 6) is -0.902. The minimum absolute atomic E-state index is 0.0904. The zero-order chi connectivity index (χ0) is 22.0. The van der Waals surface area contributed by atoms with Crippen LogP contribution < -0.4 is 10.4 Å². The average Bonchev–Trinajstić information content (AvgIpc) is 3.40. The smallest absolute Gasteiger partial charge is 0.362 e. The van der Waals surface area contributed by atoms with Crippen molar-refractivity contribution in [2.75, 3.05) is 7.11 Å². The van der Waals surface area contributed by atoms with Crippen molar-refractivity contribution in [2.45, 2.75) is 6.54 Å². The molecule has 0 radical (unpaired) electrons. The van der Waals surface area contributed by atoms with Crippen molar-refractivity contribution < 1.29 is 22.4 Å². The molecular weight excluding hydrogens is 420 g/mol. The van der Waals surface area contributed by atoms with Crippen molar-refractivity contribution in [3.8, 4) is 5.88 Å². The lowest BCUT2D eigenvalue weighted by atomic mass is 10.1. The highest BCUT2D eigenvalue weighted by Crippen LogP contribution is 2.39. The fourth-order valence-corrected chi connectivity index (χ4v) is 4.20. The predicted molar refractivity (Wildman–Crippen MR) is 113 cm³/mol. The Morgan fingerprint density at radius 3 is 2.81 bits per heavy atom. The number of methoxy groups -OCH3 is 1. The fourth-order valence-electron chi connectivity index (χ4n) is 4.20. The monoisotopic (exact) mass is 433 g/mol. The molecule has 1 aromatic carbocycles. The average molecular weight is 433 g/mol. The number of rotatable bonds is 3. The van der Waals surface area contributed by atoms with Crippen molar-refractivity contribution in [3.05, 3.63) is 76.6 Å². The van der Waals surface area contributed by atoms with Crippen LogP contribution in [0.1, 0.15) is 5.56 Å². The number of halogens is 2. The summed E-state index contributed by atoms with van der Waals surface area (Å²) >= 11 is 0. The third-order valence-corrected chi connectivity index (χ3v) is 5.59. The van der Waals surface area contributed by atoms with Crippen LogP contribution in [0.25, 0.3) is 43.9 Å². The Labute approximate surface area is 177 Å². The van der Waals surface area contributed by atoms with Crippen LogP contribution in [0.5, 0.6) is 5.88 Å². The molecule has 0 spiro atoms. The predicted octanol–water partition coefficient (Wildman–Crippen LogP) is 4.77. The molecule has 5 aromatic heterocycles. The largest absolute Gasteiger partial charge is 0.481 e. The van der Waals surface area contributed by atoms with Crippen LogP contribution in [-0.2, 0) is 6.54 Å². The number of pyridine rings is 2. The second-order valence-electron chi connectivity index (χ2n) is 7.29. The molecule has 0 aliphatic carbocycles. The molecule has 0 bridgehead atoms. The maximum Gasteiger partial charge on any atom is 0.362 e. The fraction of sp³-hybridized carbons (Fsp3) is 0.0870. The highest BCUT2D eigenvalue weighted by atomic mass is 19.1. The molecule has 158 valence electrons. The zero-order valence-corrected chi connectivity index (χ0v) is 16.6. The van der Waals surface area contributed by atoms with E-state index in [-0.39, 0.29) is 40.2 Å². The van der Waals surface area contributed by atoms with Crippen molar-refractivity contribution >= 4 is 43.9 Å². The van der Waals surface area contributed by atoms with Gasteiger partial charge in [0.2, 0.25) is 11.6 Å². The van der Waals surface area contributed by atoms with E-state index in [2.05, 4.69) is 9.97 Å². The van der Waals surface area contributed by atoms with Crippen LogP contribution in [0, 0.1) is 11.6 Å². The molecule has 0 aliphatic rings. The SMILES string of the molecule is COc1cc(Cn2c3cc(F)c4ccoc4c3c3c4cccnc4oc(=O)c32)c(F)cn1. The number of nitrogens with zero attached hydrogens (tertiary/aromatic N) is 3. The van der Waals surface area contributed by atoms with Crippen molar-refractivity contribution in [3.63, 3.8) is 0 Å². The third kappa shape index (κ3) is 2.48. The van der Waals surface area contributed by atoms with Gasteiger partial charge in [0.1, 0.15) is 22.7 Å². The van der Waals surface area contributed by atoms with E-state index in [1.54, 1.807) is 12.1 Å². The van der Waals surface area contributed by atoms with E-state index in [1.165, 1.54) is 42.3 Å². The van der Waals surface area contributed by atoms with E-state index in [4.69, 9.17) is 13.6 Å². The van der Waals surface area contributed by atoms with Crippen molar-refractivity contribution in [1.82, 2.24) is 14.5 Å². The Morgan fingerprint density at radius 1 is 1.09 bits per heavy atom. The quantitative estimate of drug-likeness (QED) is 0.400. The molecule has 5 heterocycles. The molecule has 0 aliphatic heterocycles. The summed E-state index contributed by atoms with van der Waals surface area (Å²) in [5, 5.41) is 1.86. The summed E-state index contributed by atoms with van der Waals surface area (Å²) in [6.07, 6.45) is 3.93. The van der Waals surface area contributed by atoms with Gasteiger partial charge < -0.3 is 18.1 Å². The highest BCUT2D eigenvalue weighted by Gasteiger charge is 2.24. The normalized spacial score (nSPS) is 11.8. The summed E-state index contributed by atoms with van der Waals surface area (Å²) in [7, 11) is 1.42. The lowest BCUT2D eigenvalue weighted by Crippen LogP contribution is -2.10. The van der Waals surface area contributed by atoms with Gasteiger partial charge in [0.15, 0.2) is 0 Å². The molecule has 7 nitrogen and oxygen atoms in total. The molecule has 0 N–H and O–H groups in total. The van der Waals surface area contributed by atoms with Crippen LogP contribution in [0.3, 0.4) is 0 Å². The van der Waals surface area contributed by atoms with E-state index in [0.717, 1.165) is 6.20 Å². The van der Waals surface area contributed by atoms with Crippen LogP contribution in [0.15, 0.2) is 62.6 Å². The molecular formula is C23H13F2N3O4. The van der Waals surface area contributed by atoms with E-state index in [1.807, 2.05) is 0 Å². The first-order valence-corrected chi connectivity index (χ1v) is 9.64. The molecule has 0 saturated carbocycles. The Balaban J connectivity index is 1.82. The third-order valence-electron chi connectivity index (χ3n) is 5.59. The number of fused-ring (bicyclic) bond motifs is 7. The number of benzene rings is 1. The molecule has 0 atom stereocenters. The van der Waals surface area contributed by atoms with Gasteiger partial charge in [-0.15, -0.1) is 0 Å². The number of ether oxygens (including phenoxy) is 1. The first kappa shape index (κ1) is 18.5. The van der Waals surface area contributed by atoms with E-state index >= 15 is 0 Å². The Kier molecular flexibility index (Phi) is 3.82. The highest BCUT2D eigenvalue weighted by molar-refractivity contribution is 6.25. The van der Waals surface area contributed by atoms with Crippen LogP contribution >= 0.6 is 0 Å². The summed E-state index contributed by atoms with van der Waals surface area (Å²) in [5.41, 5.74) is 0.472. The van der Waals surface area contributed by atoms with E-state index in [0.29, 0.717) is 21.7 Å². The molecule has 6 aromatic rings. The zero-order valence-electron chi connectivity index (χ0n) is 16.6. The molecule has 0 saturated heterocycles. The minimum atomic E-state index is -0.677. The molecule has 0 unspecified atom stereocenters. The van der Waals surface area contributed by atoms with Gasteiger partial charge >= 0.3 is 5.63 Å². The Hall–Kier alpha value is -4.27. The Morgan fingerprint density at radius 2 is 1.97 bits per heavy atom. The number of hydrogen-bond acceptors (Lipinski definition) is 6. The second kappa shape index (κ2) is 6.61. The van der Waals surface area contributed by atoms with Gasteiger partial charge in [0, 0.05) is 28.6 Å². The summed E-state index contributed by atoms with van der Waals surface area (Å²) in [6, 6.07) is 7.73. The lowest BCUT2D eigenvalue weighted by Gasteiger charge is -2.09. The van der Waals surface area contributed by atoms with Crippen LogP contribution in [0.2, 0.25) is 0 Å². The summed E-state index contributed by atoms with van der Waals surface area (Å²) in [6.45, 7) is -0.0904. The summed E-state index contributed by atoms with van der Waals surface area (Å²) < 4.78 is 47.2. The van der Waals surface area contributed by atoms with Gasteiger partial charge in [-0.1, -0.05) is 0 Å². The maximum atomic E-state index is 14.9. The van der Waals surface area contributed by atoms with Crippen molar-refractivity contribution in [1.29, 1.82) is 0 Å². The lowest BCUT2D eigenvalue weighted by molar-refractivity contribution is 0.394. The van der Waals surface area contributed by atoms with Crippen LogP contribution in [0.4, 0.5) is 8.78 Å². The van der Waals surface area contributed by atoms with Gasteiger partial charge in [-0.05, 0) is 24.3 Å². The topological polar surface area (TPSA) is 83.3 Å². The minimum Gasteiger partial charge on any atom is -0.481 e. The van der Waals surface area contributed by atoms with E-state index < -0.39 is 17.3 Å². The first-order chi connectivity index (χ1) is 15.6. The van der Waals surface area contributed by atoms with Gasteiger partial charge in [-0.3, -0.25) is 0 Å². The van der Waals surface area contributed by atoms with Gasteiger partial charge in [-0.25, -0.2) is 23.5 Å². The summed E-state index contributed by atoms with van der Waals surface area (Å²) in [4.78, 5) is 21.1. The number of aromatic nitrogens is 3.